The van der Waals surface area contributed by atoms with E-state index in [-0.39, 0.29) is 11.0 Å². The molecule has 2 aliphatic carbocycles. The van der Waals surface area contributed by atoms with E-state index in [1.54, 1.807) is 0 Å². The van der Waals surface area contributed by atoms with Crippen molar-refractivity contribution in [1.82, 2.24) is 0 Å². The van der Waals surface area contributed by atoms with Crippen LogP contribution in [0.4, 0.5) is 0 Å². The number of hydrogen-bond acceptors (Lipinski definition) is 1. The average molecular weight is 173 g/mol. The highest BCUT2D eigenvalue weighted by atomic mass is 14.9. The fourth-order valence-electron chi connectivity index (χ4n) is 2.17. The molecular weight excluding hydrogens is 158 g/mol. The Hall–Kier alpha value is -1.08. The molecule has 2 unspecified atom stereocenters. The van der Waals surface area contributed by atoms with Crippen LogP contribution in [0.1, 0.15) is 13.3 Å². The summed E-state index contributed by atoms with van der Waals surface area (Å²) in [5.41, 5.74) is 7.45. The third kappa shape index (κ3) is 1.04. The molecule has 1 fully saturated rings. The van der Waals surface area contributed by atoms with Crippen LogP contribution >= 0.6 is 0 Å². The van der Waals surface area contributed by atoms with Crippen molar-refractivity contribution in [2.75, 3.05) is 0 Å². The first-order valence-electron chi connectivity index (χ1n) is 4.60. The third-order valence-corrected chi connectivity index (χ3v) is 3.12. The molecule has 0 aromatic heterocycles. The molecule has 0 radical (unpaired) electrons. The largest absolute Gasteiger partial charge is 0.324 e. The molecule has 1 spiro atoms. The van der Waals surface area contributed by atoms with Gasteiger partial charge >= 0.3 is 0 Å². The highest BCUT2D eigenvalue weighted by Crippen LogP contribution is 2.61. The molecular formula is C12H15N. The quantitative estimate of drug-likeness (QED) is 0.647. The minimum Gasteiger partial charge on any atom is -0.324 e. The normalized spacial score (nSPS) is 44.3. The van der Waals surface area contributed by atoms with Gasteiger partial charge in [0.1, 0.15) is 0 Å². The molecule has 2 aliphatic rings. The van der Waals surface area contributed by atoms with Crippen LogP contribution in [0, 0.1) is 5.41 Å². The van der Waals surface area contributed by atoms with Crippen molar-refractivity contribution < 1.29 is 0 Å². The maximum absolute atomic E-state index is 6.14. The van der Waals surface area contributed by atoms with Gasteiger partial charge in [-0.25, -0.2) is 0 Å². The first kappa shape index (κ1) is 8.52. The van der Waals surface area contributed by atoms with Crippen molar-refractivity contribution in [1.29, 1.82) is 0 Å². The van der Waals surface area contributed by atoms with Gasteiger partial charge in [0.15, 0.2) is 0 Å². The van der Waals surface area contributed by atoms with Crippen molar-refractivity contribution >= 4 is 0 Å². The summed E-state index contributed by atoms with van der Waals surface area (Å²) in [6, 6.07) is 0. The second kappa shape index (κ2) is 2.46. The Balaban J connectivity index is 2.39. The summed E-state index contributed by atoms with van der Waals surface area (Å²) in [6.45, 7) is 5.83. The van der Waals surface area contributed by atoms with Gasteiger partial charge in [-0.3, -0.25) is 0 Å². The average Bonchev–Trinajstić information content (AvgIpc) is 2.60. The molecule has 1 heteroatoms. The summed E-state index contributed by atoms with van der Waals surface area (Å²) < 4.78 is 0. The molecule has 68 valence electrons. The minimum absolute atomic E-state index is 0.0664. The lowest BCUT2D eigenvalue weighted by molar-refractivity contribution is 0.613. The molecule has 0 aromatic carbocycles. The van der Waals surface area contributed by atoms with E-state index in [0.29, 0.717) is 0 Å². The molecule has 0 aromatic rings. The predicted octanol–water partition coefficient (Wildman–Crippen LogP) is 2.33. The van der Waals surface area contributed by atoms with E-state index < -0.39 is 0 Å². The molecule has 0 aliphatic heterocycles. The lowest BCUT2D eigenvalue weighted by Crippen LogP contribution is -2.27. The summed E-state index contributed by atoms with van der Waals surface area (Å²) >= 11 is 0. The zero-order chi connectivity index (χ0) is 9.53. The van der Waals surface area contributed by atoms with Gasteiger partial charge in [0, 0.05) is 11.0 Å². The van der Waals surface area contributed by atoms with Crippen LogP contribution in [0.5, 0.6) is 0 Å². The van der Waals surface area contributed by atoms with Crippen LogP contribution in [0.15, 0.2) is 48.6 Å². The number of nitrogens with two attached hydrogens (primary N) is 1. The molecule has 2 rings (SSSR count). The fourth-order valence-corrected chi connectivity index (χ4v) is 2.17. The Kier molecular flexibility index (Phi) is 1.61. The van der Waals surface area contributed by atoms with Crippen LogP contribution in [-0.4, -0.2) is 5.54 Å². The van der Waals surface area contributed by atoms with Gasteiger partial charge in [-0.05, 0) is 18.9 Å². The molecule has 2 N–H and O–H groups in total. The van der Waals surface area contributed by atoms with Gasteiger partial charge in [0.2, 0.25) is 0 Å². The topological polar surface area (TPSA) is 26.0 Å². The Morgan fingerprint density at radius 3 is 2.77 bits per heavy atom. The highest BCUT2D eigenvalue weighted by Gasteiger charge is 2.61. The van der Waals surface area contributed by atoms with Crippen molar-refractivity contribution in [2.24, 2.45) is 11.1 Å². The van der Waals surface area contributed by atoms with Gasteiger partial charge in [-0.1, -0.05) is 43.0 Å². The van der Waals surface area contributed by atoms with Gasteiger partial charge in [0.25, 0.3) is 0 Å². The minimum atomic E-state index is -0.0664. The molecule has 13 heavy (non-hydrogen) atoms. The van der Waals surface area contributed by atoms with E-state index in [2.05, 4.69) is 43.9 Å². The van der Waals surface area contributed by atoms with Crippen LogP contribution in [0.3, 0.4) is 0 Å². The summed E-state index contributed by atoms with van der Waals surface area (Å²) in [5.74, 6) is 0. The Morgan fingerprint density at radius 2 is 2.23 bits per heavy atom. The third-order valence-electron chi connectivity index (χ3n) is 3.12. The highest BCUT2D eigenvalue weighted by molar-refractivity contribution is 5.50. The number of hydrogen-bond donors (Lipinski definition) is 1. The fraction of sp³-hybridized carbons (Fsp3) is 0.333. The van der Waals surface area contributed by atoms with E-state index in [0.717, 1.165) is 6.42 Å². The maximum Gasteiger partial charge on any atom is 0.0330 e. The molecule has 0 heterocycles. The van der Waals surface area contributed by atoms with Gasteiger partial charge in [-0.15, -0.1) is 0 Å². The van der Waals surface area contributed by atoms with Crippen molar-refractivity contribution in [3.63, 3.8) is 0 Å². The monoisotopic (exact) mass is 173 g/mol. The lowest BCUT2D eigenvalue weighted by Gasteiger charge is -2.19. The zero-order valence-electron chi connectivity index (χ0n) is 7.96. The number of allylic oxidation sites excluding steroid dienone is 5. The Bertz CT molecular complexity index is 331. The summed E-state index contributed by atoms with van der Waals surface area (Å²) in [5, 5.41) is 0. The van der Waals surface area contributed by atoms with E-state index in [9.17, 15) is 0 Å². The predicted molar refractivity (Wildman–Crippen MR) is 56.2 cm³/mol. The van der Waals surface area contributed by atoms with E-state index in [1.807, 2.05) is 6.08 Å². The summed E-state index contributed by atoms with van der Waals surface area (Å²) in [6.07, 6.45) is 13.4. The molecule has 1 nitrogen and oxygen atoms in total. The van der Waals surface area contributed by atoms with Crippen molar-refractivity contribution in [3.8, 4) is 0 Å². The Labute approximate surface area is 79.3 Å². The SMILES string of the molecule is C=C/C=C1/C=CC=CC12CC2(C)N. The van der Waals surface area contributed by atoms with Crippen molar-refractivity contribution in [3.05, 3.63) is 48.6 Å². The van der Waals surface area contributed by atoms with Crippen LogP contribution in [-0.2, 0) is 0 Å². The summed E-state index contributed by atoms with van der Waals surface area (Å²) in [4.78, 5) is 0. The summed E-state index contributed by atoms with van der Waals surface area (Å²) in [7, 11) is 0. The smallest absolute Gasteiger partial charge is 0.0330 e. The zero-order valence-corrected chi connectivity index (χ0v) is 7.96. The van der Waals surface area contributed by atoms with Crippen LogP contribution in [0.2, 0.25) is 0 Å². The second-order valence-corrected chi connectivity index (χ2v) is 4.14. The maximum atomic E-state index is 6.14. The van der Waals surface area contributed by atoms with Crippen LogP contribution < -0.4 is 5.73 Å². The van der Waals surface area contributed by atoms with Gasteiger partial charge in [-0.2, -0.15) is 0 Å². The molecule has 0 bridgehead atoms. The molecule has 0 saturated heterocycles. The molecule has 2 atom stereocenters. The van der Waals surface area contributed by atoms with E-state index in [1.165, 1.54) is 5.57 Å². The van der Waals surface area contributed by atoms with Gasteiger partial charge in [0.05, 0.1) is 0 Å². The second-order valence-electron chi connectivity index (χ2n) is 4.14. The Morgan fingerprint density at radius 1 is 1.54 bits per heavy atom. The van der Waals surface area contributed by atoms with E-state index >= 15 is 0 Å². The van der Waals surface area contributed by atoms with Gasteiger partial charge < -0.3 is 5.73 Å². The standard InChI is InChI=1S/C12H15N/c1-3-6-10-7-4-5-8-12(10)9-11(12,2)13/h3-8H,1,9,13H2,2H3/b10-6-. The number of rotatable bonds is 1. The van der Waals surface area contributed by atoms with Crippen LogP contribution in [0.25, 0.3) is 0 Å². The first-order valence-corrected chi connectivity index (χ1v) is 4.60. The van der Waals surface area contributed by atoms with Crippen molar-refractivity contribution in [2.45, 2.75) is 18.9 Å². The molecule has 0 amide bonds. The van der Waals surface area contributed by atoms with E-state index in [4.69, 9.17) is 5.73 Å². The first-order chi connectivity index (χ1) is 6.12. The molecule has 1 saturated carbocycles. The lowest BCUT2D eigenvalue weighted by atomic mass is 9.87.